The zero-order valence-electron chi connectivity index (χ0n) is 12.2. The normalized spacial score (nSPS) is 11.2. The highest BCUT2D eigenvalue weighted by molar-refractivity contribution is 7.99. The number of nitrogens with zero attached hydrogens (tertiary/aromatic N) is 1. The van der Waals surface area contributed by atoms with Gasteiger partial charge in [-0.2, -0.15) is 0 Å². The Morgan fingerprint density at radius 3 is 3.00 bits per heavy atom. The minimum Gasteiger partial charge on any atom is -0.497 e. The first kappa shape index (κ1) is 14.9. The first-order valence-electron chi connectivity index (χ1n) is 6.65. The summed E-state index contributed by atoms with van der Waals surface area (Å²) in [5, 5.41) is 4.28. The molecule has 2 N–H and O–H groups in total. The first-order valence-corrected chi connectivity index (χ1v) is 7.63. The maximum atomic E-state index is 5.21. The van der Waals surface area contributed by atoms with Gasteiger partial charge in [0.1, 0.15) is 5.75 Å². The van der Waals surface area contributed by atoms with Crippen LogP contribution in [0.25, 0.3) is 11.0 Å². The largest absolute Gasteiger partial charge is 0.497 e. The summed E-state index contributed by atoms with van der Waals surface area (Å²) in [5.41, 5.74) is 3.12. The number of benzene rings is 1. The Kier molecular flexibility index (Phi) is 5.09. The van der Waals surface area contributed by atoms with Crippen molar-refractivity contribution in [1.82, 2.24) is 15.3 Å². The molecule has 1 aromatic carbocycles. The van der Waals surface area contributed by atoms with Crippen LogP contribution >= 0.6 is 11.8 Å². The van der Waals surface area contributed by atoms with Crippen molar-refractivity contribution < 1.29 is 4.74 Å². The fraction of sp³-hybridized carbons (Fsp3) is 0.400. The number of imidazole rings is 1. The predicted molar refractivity (Wildman–Crippen MR) is 85.6 cm³/mol. The van der Waals surface area contributed by atoms with Crippen LogP contribution in [-0.2, 0) is 0 Å². The lowest BCUT2D eigenvalue weighted by atomic mass is 10.3. The van der Waals surface area contributed by atoms with Crippen LogP contribution in [0.4, 0.5) is 0 Å². The van der Waals surface area contributed by atoms with Crippen molar-refractivity contribution in [3.8, 4) is 5.75 Å². The van der Waals surface area contributed by atoms with Gasteiger partial charge in [0.25, 0.3) is 0 Å². The van der Waals surface area contributed by atoms with E-state index < -0.39 is 0 Å². The minimum absolute atomic E-state index is 0.482. The number of aromatic nitrogens is 2. The zero-order chi connectivity index (χ0) is 14.5. The van der Waals surface area contributed by atoms with Crippen LogP contribution in [0.3, 0.4) is 0 Å². The van der Waals surface area contributed by atoms with Crippen LogP contribution in [0.1, 0.15) is 13.8 Å². The van der Waals surface area contributed by atoms with E-state index in [4.69, 9.17) is 4.74 Å². The predicted octanol–water partition coefficient (Wildman–Crippen LogP) is 3.22. The molecule has 108 valence electrons. The van der Waals surface area contributed by atoms with Gasteiger partial charge in [-0.3, -0.25) is 0 Å². The number of H-pyrrole nitrogens is 1. The van der Waals surface area contributed by atoms with Gasteiger partial charge in [-0.15, -0.1) is 0 Å². The second-order valence-electron chi connectivity index (χ2n) is 5.00. The summed E-state index contributed by atoms with van der Waals surface area (Å²) in [5.74, 6) is 1.69. The van der Waals surface area contributed by atoms with Crippen LogP contribution < -0.4 is 10.1 Å². The van der Waals surface area contributed by atoms with Crippen LogP contribution in [0.5, 0.6) is 5.75 Å². The molecule has 0 aliphatic heterocycles. The van der Waals surface area contributed by atoms with Gasteiger partial charge in [0, 0.05) is 24.4 Å². The Labute approximate surface area is 124 Å². The van der Waals surface area contributed by atoms with Gasteiger partial charge in [0.15, 0.2) is 5.16 Å². The van der Waals surface area contributed by atoms with Crippen molar-refractivity contribution >= 4 is 22.8 Å². The van der Waals surface area contributed by atoms with Gasteiger partial charge in [-0.1, -0.05) is 37.8 Å². The van der Waals surface area contributed by atoms with Gasteiger partial charge in [0.05, 0.1) is 18.1 Å². The van der Waals surface area contributed by atoms with Crippen molar-refractivity contribution in [2.45, 2.75) is 25.0 Å². The lowest BCUT2D eigenvalue weighted by molar-refractivity contribution is 0.415. The Morgan fingerprint density at radius 2 is 2.30 bits per heavy atom. The lowest BCUT2D eigenvalue weighted by Crippen LogP contribution is -2.25. The number of hydrogen-bond donors (Lipinski definition) is 2. The van der Waals surface area contributed by atoms with Gasteiger partial charge < -0.3 is 15.0 Å². The molecule has 20 heavy (non-hydrogen) atoms. The molecule has 0 radical (unpaired) electrons. The molecule has 0 saturated carbocycles. The fourth-order valence-electron chi connectivity index (χ4n) is 1.73. The van der Waals surface area contributed by atoms with Gasteiger partial charge in [-0.05, 0) is 12.1 Å². The summed E-state index contributed by atoms with van der Waals surface area (Å²) in [6.45, 7) is 9.19. The zero-order valence-corrected chi connectivity index (χ0v) is 13.0. The third-order valence-corrected chi connectivity index (χ3v) is 3.86. The average molecular weight is 291 g/mol. The van der Waals surface area contributed by atoms with E-state index in [0.29, 0.717) is 6.04 Å². The highest BCUT2D eigenvalue weighted by atomic mass is 32.2. The highest BCUT2D eigenvalue weighted by Crippen LogP contribution is 2.23. The number of ether oxygens (including phenoxy) is 1. The maximum Gasteiger partial charge on any atom is 0.166 e. The Morgan fingerprint density at radius 1 is 1.50 bits per heavy atom. The molecule has 2 aromatic rings. The number of methoxy groups -OCH3 is 1. The summed E-state index contributed by atoms with van der Waals surface area (Å²) in [7, 11) is 1.67. The van der Waals surface area contributed by atoms with E-state index in [1.807, 2.05) is 18.2 Å². The molecule has 1 aromatic heterocycles. The molecule has 4 nitrogen and oxygen atoms in total. The number of hydrogen-bond acceptors (Lipinski definition) is 4. The third-order valence-electron chi connectivity index (χ3n) is 2.84. The molecule has 0 bridgehead atoms. The molecule has 0 fully saturated rings. The van der Waals surface area contributed by atoms with E-state index in [1.165, 1.54) is 5.57 Å². The van der Waals surface area contributed by atoms with Crippen LogP contribution in [0.15, 0.2) is 35.5 Å². The van der Waals surface area contributed by atoms with E-state index in [1.54, 1.807) is 18.9 Å². The minimum atomic E-state index is 0.482. The molecule has 1 heterocycles. The summed E-state index contributed by atoms with van der Waals surface area (Å²) in [4.78, 5) is 7.85. The summed E-state index contributed by atoms with van der Waals surface area (Å²) in [6, 6.07) is 6.32. The summed E-state index contributed by atoms with van der Waals surface area (Å²) in [6.07, 6.45) is 0. The second kappa shape index (κ2) is 6.81. The van der Waals surface area contributed by atoms with E-state index in [2.05, 4.69) is 35.7 Å². The van der Waals surface area contributed by atoms with Crippen molar-refractivity contribution in [3.05, 3.63) is 30.4 Å². The van der Waals surface area contributed by atoms with Crippen molar-refractivity contribution in [2.24, 2.45) is 0 Å². The van der Waals surface area contributed by atoms with Gasteiger partial charge >= 0.3 is 0 Å². The van der Waals surface area contributed by atoms with Crippen molar-refractivity contribution in [1.29, 1.82) is 0 Å². The Balaban J connectivity index is 1.94. The summed E-state index contributed by atoms with van der Waals surface area (Å²) < 4.78 is 5.21. The van der Waals surface area contributed by atoms with Crippen LogP contribution in [0, 0.1) is 0 Å². The van der Waals surface area contributed by atoms with Crippen LogP contribution in [-0.4, -0.2) is 35.4 Å². The van der Waals surface area contributed by atoms with Crippen molar-refractivity contribution in [2.75, 3.05) is 19.4 Å². The SMILES string of the molecule is C=C(CNC(C)C)CSc1nc2ccc(OC)cc2[nH]1. The van der Waals surface area contributed by atoms with Crippen molar-refractivity contribution in [3.63, 3.8) is 0 Å². The van der Waals surface area contributed by atoms with Gasteiger partial charge in [0.2, 0.25) is 0 Å². The number of rotatable bonds is 7. The Bertz CT molecular complexity index is 592. The first-order chi connectivity index (χ1) is 9.58. The topological polar surface area (TPSA) is 49.9 Å². The average Bonchev–Trinajstić information content (AvgIpc) is 2.84. The van der Waals surface area contributed by atoms with E-state index in [-0.39, 0.29) is 0 Å². The molecular weight excluding hydrogens is 270 g/mol. The molecular formula is C15H21N3OS. The quantitative estimate of drug-likeness (QED) is 0.607. The lowest BCUT2D eigenvalue weighted by Gasteiger charge is -2.09. The molecule has 5 heteroatoms. The standard InChI is InChI=1S/C15H21N3OS/c1-10(2)16-8-11(3)9-20-15-17-13-6-5-12(19-4)7-14(13)18-15/h5-7,10,16H,3,8-9H2,1-2,4H3,(H,17,18). The molecule has 0 atom stereocenters. The fourth-order valence-corrected chi connectivity index (χ4v) is 2.52. The molecule has 0 spiro atoms. The molecule has 0 saturated heterocycles. The number of thioether (sulfide) groups is 1. The third kappa shape index (κ3) is 4.02. The molecule has 0 aliphatic rings. The Hall–Kier alpha value is -1.46. The number of aromatic amines is 1. The summed E-state index contributed by atoms with van der Waals surface area (Å²) >= 11 is 1.67. The number of fused-ring (bicyclic) bond motifs is 1. The highest BCUT2D eigenvalue weighted by Gasteiger charge is 2.05. The second-order valence-corrected chi connectivity index (χ2v) is 5.96. The smallest absolute Gasteiger partial charge is 0.166 e. The molecule has 0 aliphatic carbocycles. The number of nitrogens with one attached hydrogen (secondary N) is 2. The molecule has 0 unspecified atom stereocenters. The van der Waals surface area contributed by atoms with E-state index in [9.17, 15) is 0 Å². The van der Waals surface area contributed by atoms with Crippen LogP contribution in [0.2, 0.25) is 0 Å². The molecule has 0 amide bonds. The monoisotopic (exact) mass is 291 g/mol. The van der Waals surface area contributed by atoms with E-state index in [0.717, 1.165) is 34.2 Å². The maximum absolute atomic E-state index is 5.21. The van der Waals surface area contributed by atoms with Gasteiger partial charge in [-0.25, -0.2) is 4.98 Å². The molecule has 2 rings (SSSR count). The van der Waals surface area contributed by atoms with E-state index >= 15 is 0 Å².